The quantitative estimate of drug-likeness (QED) is 0.436. The summed E-state index contributed by atoms with van der Waals surface area (Å²) in [6, 6.07) is 9.42. The molecule has 16 heavy (non-hydrogen) atoms. The predicted molar refractivity (Wildman–Crippen MR) is 71.3 cm³/mol. The van der Waals surface area contributed by atoms with Crippen LogP contribution in [0.1, 0.15) is 31.7 Å². The standard InChI is InChI=1S/C8H7ClO.C5H11Cl/c9-8(10)6-7-4-2-1-3-5-7;1-2-3-4-5-6/h1-5H,6H2;2-5H2,1H3. The van der Waals surface area contributed by atoms with Crippen LogP contribution in [0.5, 0.6) is 0 Å². The Balaban J connectivity index is 0.000000325. The summed E-state index contributed by atoms with van der Waals surface area (Å²) < 4.78 is 0. The van der Waals surface area contributed by atoms with Crippen molar-refractivity contribution in [1.82, 2.24) is 0 Å². The van der Waals surface area contributed by atoms with Gasteiger partial charge in [-0.2, -0.15) is 0 Å². The second-order valence-corrected chi connectivity index (χ2v) is 4.21. The molecule has 1 rings (SSSR count). The molecule has 0 fully saturated rings. The van der Waals surface area contributed by atoms with Crippen LogP contribution in [0, 0.1) is 0 Å². The Labute approximate surface area is 108 Å². The van der Waals surface area contributed by atoms with Crippen LogP contribution in [0.2, 0.25) is 0 Å². The number of alkyl halides is 1. The van der Waals surface area contributed by atoms with E-state index in [4.69, 9.17) is 23.2 Å². The summed E-state index contributed by atoms with van der Waals surface area (Å²) in [6.07, 6.45) is 4.05. The molecule has 0 atom stereocenters. The molecule has 3 heteroatoms. The van der Waals surface area contributed by atoms with E-state index in [1.165, 1.54) is 19.3 Å². The number of rotatable bonds is 5. The lowest BCUT2D eigenvalue weighted by Gasteiger charge is -1.92. The van der Waals surface area contributed by atoms with Crippen molar-refractivity contribution in [3.05, 3.63) is 35.9 Å². The SMILES string of the molecule is CCCCCCl.O=C(Cl)Cc1ccccc1. The Morgan fingerprint density at radius 2 is 1.81 bits per heavy atom. The number of carbonyl (C=O) groups excluding carboxylic acids is 1. The fourth-order valence-corrected chi connectivity index (χ4v) is 1.44. The molecule has 0 aromatic heterocycles. The van der Waals surface area contributed by atoms with Crippen molar-refractivity contribution in [2.24, 2.45) is 0 Å². The highest BCUT2D eigenvalue weighted by atomic mass is 35.5. The van der Waals surface area contributed by atoms with Gasteiger partial charge in [-0.05, 0) is 23.6 Å². The molecule has 0 aliphatic rings. The Morgan fingerprint density at radius 1 is 1.19 bits per heavy atom. The molecule has 0 saturated heterocycles. The molecule has 1 aromatic rings. The van der Waals surface area contributed by atoms with Crippen LogP contribution in [-0.4, -0.2) is 11.1 Å². The summed E-state index contributed by atoms with van der Waals surface area (Å²) in [4.78, 5) is 10.4. The van der Waals surface area contributed by atoms with E-state index in [2.05, 4.69) is 6.92 Å². The minimum atomic E-state index is -0.314. The monoisotopic (exact) mass is 260 g/mol. The van der Waals surface area contributed by atoms with Gasteiger partial charge in [-0.15, -0.1) is 11.6 Å². The Hall–Kier alpha value is -0.530. The van der Waals surface area contributed by atoms with Gasteiger partial charge in [0.25, 0.3) is 0 Å². The lowest BCUT2D eigenvalue weighted by Crippen LogP contribution is -1.91. The predicted octanol–water partition coefficient (Wildman–Crippen LogP) is 4.41. The molecule has 0 amide bonds. The first kappa shape index (κ1) is 15.5. The maximum Gasteiger partial charge on any atom is 0.226 e. The zero-order valence-corrected chi connectivity index (χ0v) is 11.1. The van der Waals surface area contributed by atoms with Crippen molar-refractivity contribution < 1.29 is 4.79 Å². The van der Waals surface area contributed by atoms with Crippen molar-refractivity contribution in [3.63, 3.8) is 0 Å². The second-order valence-electron chi connectivity index (χ2n) is 3.41. The molecule has 0 aliphatic heterocycles. The molecule has 1 nitrogen and oxygen atoms in total. The van der Waals surface area contributed by atoms with Gasteiger partial charge in [-0.25, -0.2) is 0 Å². The average Bonchev–Trinajstić information content (AvgIpc) is 2.28. The number of hydrogen-bond donors (Lipinski definition) is 0. The van der Waals surface area contributed by atoms with Crippen LogP contribution >= 0.6 is 23.2 Å². The third-order valence-electron chi connectivity index (χ3n) is 1.92. The number of carbonyl (C=O) groups is 1. The van der Waals surface area contributed by atoms with Gasteiger partial charge < -0.3 is 0 Å². The normalized spacial score (nSPS) is 9.19. The Kier molecular flexibility index (Phi) is 10.6. The molecule has 90 valence electrons. The molecule has 0 aliphatic carbocycles. The van der Waals surface area contributed by atoms with Crippen molar-refractivity contribution in [2.45, 2.75) is 32.6 Å². The van der Waals surface area contributed by atoms with Gasteiger partial charge in [0.2, 0.25) is 5.24 Å². The van der Waals surface area contributed by atoms with Crippen molar-refractivity contribution in [2.75, 3.05) is 5.88 Å². The Bertz CT molecular complexity index is 269. The molecule has 0 heterocycles. The summed E-state index contributed by atoms with van der Waals surface area (Å²) in [7, 11) is 0. The van der Waals surface area contributed by atoms with Crippen LogP contribution in [-0.2, 0) is 11.2 Å². The summed E-state index contributed by atoms with van der Waals surface area (Å²) in [5.74, 6) is 0.827. The fraction of sp³-hybridized carbons (Fsp3) is 0.462. The molecule has 0 spiro atoms. The van der Waals surface area contributed by atoms with Gasteiger partial charge in [0.15, 0.2) is 0 Å². The summed E-state index contributed by atoms with van der Waals surface area (Å²) >= 11 is 10.6. The van der Waals surface area contributed by atoms with Crippen molar-refractivity contribution in [3.8, 4) is 0 Å². The smallest absolute Gasteiger partial charge is 0.226 e. The van der Waals surface area contributed by atoms with Crippen LogP contribution in [0.3, 0.4) is 0 Å². The molecule has 0 N–H and O–H groups in total. The van der Waals surface area contributed by atoms with Gasteiger partial charge in [0.05, 0.1) is 0 Å². The van der Waals surface area contributed by atoms with Crippen LogP contribution in [0.4, 0.5) is 0 Å². The zero-order chi connectivity index (χ0) is 12.2. The lowest BCUT2D eigenvalue weighted by atomic mass is 10.2. The lowest BCUT2D eigenvalue weighted by molar-refractivity contribution is -0.111. The van der Waals surface area contributed by atoms with E-state index in [0.717, 1.165) is 11.4 Å². The number of halogens is 2. The van der Waals surface area contributed by atoms with E-state index in [1.54, 1.807) is 0 Å². The van der Waals surface area contributed by atoms with Crippen LogP contribution in [0.25, 0.3) is 0 Å². The number of unbranched alkanes of at least 4 members (excludes halogenated alkanes) is 2. The average molecular weight is 261 g/mol. The summed E-state index contributed by atoms with van der Waals surface area (Å²) in [5.41, 5.74) is 0.961. The molecule has 1 aromatic carbocycles. The molecular formula is C13H18Cl2O. The van der Waals surface area contributed by atoms with Crippen LogP contribution in [0.15, 0.2) is 30.3 Å². The minimum Gasteiger partial charge on any atom is -0.281 e. The first-order chi connectivity index (χ1) is 7.70. The first-order valence-electron chi connectivity index (χ1n) is 5.49. The third kappa shape index (κ3) is 10.0. The third-order valence-corrected chi connectivity index (χ3v) is 2.32. The molecule has 0 bridgehead atoms. The van der Waals surface area contributed by atoms with E-state index in [1.807, 2.05) is 30.3 Å². The van der Waals surface area contributed by atoms with E-state index < -0.39 is 0 Å². The van der Waals surface area contributed by atoms with Gasteiger partial charge >= 0.3 is 0 Å². The van der Waals surface area contributed by atoms with Gasteiger partial charge in [0, 0.05) is 12.3 Å². The summed E-state index contributed by atoms with van der Waals surface area (Å²) in [6.45, 7) is 2.17. The molecule has 0 unspecified atom stereocenters. The number of hydrogen-bond acceptors (Lipinski definition) is 1. The highest BCUT2D eigenvalue weighted by molar-refractivity contribution is 6.63. The van der Waals surface area contributed by atoms with Crippen molar-refractivity contribution in [1.29, 1.82) is 0 Å². The molecule has 0 saturated carbocycles. The topological polar surface area (TPSA) is 17.1 Å². The van der Waals surface area contributed by atoms with E-state index in [-0.39, 0.29) is 5.24 Å². The largest absolute Gasteiger partial charge is 0.281 e. The first-order valence-corrected chi connectivity index (χ1v) is 6.40. The van der Waals surface area contributed by atoms with E-state index in [0.29, 0.717) is 6.42 Å². The second kappa shape index (κ2) is 11.0. The van der Waals surface area contributed by atoms with E-state index >= 15 is 0 Å². The van der Waals surface area contributed by atoms with Gasteiger partial charge in [-0.3, -0.25) is 4.79 Å². The summed E-state index contributed by atoms with van der Waals surface area (Å²) in [5, 5.41) is -0.314. The maximum absolute atomic E-state index is 10.4. The highest BCUT2D eigenvalue weighted by Gasteiger charge is 1.96. The molecule has 0 radical (unpaired) electrons. The van der Waals surface area contributed by atoms with Gasteiger partial charge in [0.1, 0.15) is 0 Å². The van der Waals surface area contributed by atoms with Gasteiger partial charge in [-0.1, -0.05) is 50.1 Å². The minimum absolute atomic E-state index is 0.314. The number of benzene rings is 1. The van der Waals surface area contributed by atoms with Crippen LogP contribution < -0.4 is 0 Å². The van der Waals surface area contributed by atoms with E-state index in [9.17, 15) is 4.79 Å². The zero-order valence-electron chi connectivity index (χ0n) is 9.59. The highest BCUT2D eigenvalue weighted by Crippen LogP contribution is 2.00. The van der Waals surface area contributed by atoms with Crippen molar-refractivity contribution >= 4 is 28.4 Å². The maximum atomic E-state index is 10.4. The Morgan fingerprint density at radius 3 is 2.19 bits per heavy atom. The fourth-order valence-electron chi connectivity index (χ4n) is 1.10. The molecular weight excluding hydrogens is 243 g/mol.